The number of methoxy groups -OCH3 is 2. The van der Waals surface area contributed by atoms with Crippen LogP contribution in [0.3, 0.4) is 0 Å². The standard InChI is InChI=1S/C27H31N3O5S/c1-20-6-13-24(14-7-20)36(32,33)30(23-12-15-25(34-2)26(18-23)35-3)19-27(31)28-21-8-10-22(11-9-21)29-16-4-5-17-29/h6-15,18H,4-5,16-17,19H2,1-3H3,(H,28,31). The molecule has 1 N–H and O–H groups in total. The van der Waals surface area contributed by atoms with E-state index in [0.717, 1.165) is 28.6 Å². The molecule has 190 valence electrons. The van der Waals surface area contributed by atoms with Gasteiger partial charge in [0.05, 0.1) is 24.8 Å². The van der Waals surface area contributed by atoms with Crippen LogP contribution < -0.4 is 24.0 Å². The zero-order chi connectivity index (χ0) is 25.7. The Hall–Kier alpha value is -3.72. The van der Waals surface area contributed by atoms with Gasteiger partial charge in [0.1, 0.15) is 6.54 Å². The predicted octanol–water partition coefficient (Wildman–Crippen LogP) is 4.45. The van der Waals surface area contributed by atoms with Gasteiger partial charge in [-0.2, -0.15) is 0 Å². The fraction of sp³-hybridized carbons (Fsp3) is 0.296. The Morgan fingerprint density at radius 1 is 0.917 bits per heavy atom. The normalized spacial score (nSPS) is 13.4. The van der Waals surface area contributed by atoms with E-state index < -0.39 is 22.5 Å². The molecule has 0 bridgehead atoms. The van der Waals surface area contributed by atoms with Gasteiger partial charge in [-0.25, -0.2) is 8.42 Å². The van der Waals surface area contributed by atoms with E-state index >= 15 is 0 Å². The Morgan fingerprint density at radius 2 is 1.56 bits per heavy atom. The van der Waals surface area contributed by atoms with Crippen LogP contribution >= 0.6 is 0 Å². The molecule has 1 fully saturated rings. The Labute approximate surface area is 212 Å². The first-order chi connectivity index (χ1) is 17.3. The van der Waals surface area contributed by atoms with Crippen LogP contribution in [0.2, 0.25) is 0 Å². The maximum Gasteiger partial charge on any atom is 0.264 e. The van der Waals surface area contributed by atoms with Gasteiger partial charge in [-0.05, 0) is 68.3 Å². The second-order valence-corrected chi connectivity index (χ2v) is 10.5. The van der Waals surface area contributed by atoms with Gasteiger partial charge in [-0.1, -0.05) is 17.7 Å². The van der Waals surface area contributed by atoms with Gasteiger partial charge in [0.25, 0.3) is 10.0 Å². The van der Waals surface area contributed by atoms with Crippen molar-refractivity contribution in [2.24, 2.45) is 0 Å². The van der Waals surface area contributed by atoms with Crippen molar-refractivity contribution in [3.05, 3.63) is 72.3 Å². The van der Waals surface area contributed by atoms with Crippen molar-refractivity contribution in [1.82, 2.24) is 0 Å². The summed E-state index contributed by atoms with van der Waals surface area (Å²) in [4.78, 5) is 15.5. The molecular weight excluding hydrogens is 478 g/mol. The molecule has 4 rings (SSSR count). The topological polar surface area (TPSA) is 88.2 Å². The molecule has 0 saturated carbocycles. The van der Waals surface area contributed by atoms with Gasteiger partial charge in [0, 0.05) is 30.5 Å². The van der Waals surface area contributed by atoms with E-state index in [1.807, 2.05) is 31.2 Å². The number of hydrogen-bond donors (Lipinski definition) is 1. The zero-order valence-electron chi connectivity index (χ0n) is 20.7. The summed E-state index contributed by atoms with van der Waals surface area (Å²) < 4.78 is 39.0. The second kappa shape index (κ2) is 10.9. The average Bonchev–Trinajstić information content (AvgIpc) is 3.42. The van der Waals surface area contributed by atoms with E-state index in [1.165, 1.54) is 39.2 Å². The number of aryl methyl sites for hydroxylation is 1. The first kappa shape index (κ1) is 25.4. The van der Waals surface area contributed by atoms with Gasteiger partial charge in [0.15, 0.2) is 11.5 Å². The molecule has 0 spiro atoms. The highest BCUT2D eigenvalue weighted by molar-refractivity contribution is 7.92. The van der Waals surface area contributed by atoms with Crippen LogP contribution in [-0.4, -0.2) is 48.2 Å². The summed E-state index contributed by atoms with van der Waals surface area (Å²) in [6.45, 7) is 3.52. The van der Waals surface area contributed by atoms with E-state index in [4.69, 9.17) is 9.47 Å². The lowest BCUT2D eigenvalue weighted by atomic mass is 10.2. The van der Waals surface area contributed by atoms with Crippen molar-refractivity contribution in [1.29, 1.82) is 0 Å². The van der Waals surface area contributed by atoms with Crippen molar-refractivity contribution >= 4 is 33.0 Å². The quantitative estimate of drug-likeness (QED) is 0.459. The van der Waals surface area contributed by atoms with Crippen molar-refractivity contribution < 1.29 is 22.7 Å². The number of rotatable bonds is 9. The first-order valence-electron chi connectivity index (χ1n) is 11.8. The van der Waals surface area contributed by atoms with Gasteiger partial charge >= 0.3 is 0 Å². The summed E-state index contributed by atoms with van der Waals surface area (Å²) in [5, 5.41) is 2.82. The molecule has 3 aromatic carbocycles. The van der Waals surface area contributed by atoms with E-state index in [9.17, 15) is 13.2 Å². The molecule has 1 aliphatic heterocycles. The minimum Gasteiger partial charge on any atom is -0.493 e. The molecule has 0 unspecified atom stereocenters. The lowest BCUT2D eigenvalue weighted by molar-refractivity contribution is -0.114. The number of ether oxygens (including phenoxy) is 2. The van der Waals surface area contributed by atoms with Gasteiger partial charge < -0.3 is 19.7 Å². The SMILES string of the molecule is COc1ccc(N(CC(=O)Nc2ccc(N3CCCC3)cc2)S(=O)(=O)c2ccc(C)cc2)cc1OC. The minimum absolute atomic E-state index is 0.0886. The molecule has 1 aliphatic rings. The third-order valence-corrected chi connectivity index (χ3v) is 7.96. The predicted molar refractivity (Wildman–Crippen MR) is 142 cm³/mol. The maximum atomic E-state index is 13.6. The second-order valence-electron chi connectivity index (χ2n) is 8.65. The fourth-order valence-corrected chi connectivity index (χ4v) is 5.61. The summed E-state index contributed by atoms with van der Waals surface area (Å²) in [7, 11) is -1.08. The van der Waals surface area contributed by atoms with E-state index in [-0.39, 0.29) is 10.6 Å². The molecule has 1 heterocycles. The van der Waals surface area contributed by atoms with Crippen LogP contribution in [0.15, 0.2) is 71.6 Å². The van der Waals surface area contributed by atoms with Gasteiger partial charge in [0.2, 0.25) is 5.91 Å². The highest BCUT2D eigenvalue weighted by atomic mass is 32.2. The maximum absolute atomic E-state index is 13.6. The molecule has 8 nitrogen and oxygen atoms in total. The van der Waals surface area contributed by atoms with E-state index in [2.05, 4.69) is 10.2 Å². The lowest BCUT2D eigenvalue weighted by Crippen LogP contribution is -2.38. The van der Waals surface area contributed by atoms with Crippen molar-refractivity contribution in [2.45, 2.75) is 24.7 Å². The highest BCUT2D eigenvalue weighted by Gasteiger charge is 2.28. The average molecular weight is 510 g/mol. The van der Waals surface area contributed by atoms with Crippen LogP contribution in [0.1, 0.15) is 18.4 Å². The fourth-order valence-electron chi connectivity index (χ4n) is 4.19. The molecule has 0 aliphatic carbocycles. The molecule has 1 amide bonds. The highest BCUT2D eigenvalue weighted by Crippen LogP contribution is 2.34. The van der Waals surface area contributed by atoms with Crippen molar-refractivity contribution in [2.75, 3.05) is 48.4 Å². The minimum atomic E-state index is -4.05. The van der Waals surface area contributed by atoms with E-state index in [1.54, 1.807) is 30.3 Å². The Morgan fingerprint density at radius 3 is 2.17 bits per heavy atom. The lowest BCUT2D eigenvalue weighted by Gasteiger charge is -2.25. The number of carbonyl (C=O) groups excluding carboxylic acids is 1. The summed E-state index contributed by atoms with van der Waals surface area (Å²) >= 11 is 0. The summed E-state index contributed by atoms with van der Waals surface area (Å²) in [5.41, 5.74) is 2.93. The number of nitrogens with one attached hydrogen (secondary N) is 1. The molecular formula is C27H31N3O5S. The largest absolute Gasteiger partial charge is 0.493 e. The Kier molecular flexibility index (Phi) is 7.69. The van der Waals surface area contributed by atoms with E-state index in [0.29, 0.717) is 17.2 Å². The number of nitrogens with zero attached hydrogens (tertiary/aromatic N) is 2. The number of carbonyl (C=O) groups is 1. The summed E-state index contributed by atoms with van der Waals surface area (Å²) in [6.07, 6.45) is 2.36. The zero-order valence-corrected chi connectivity index (χ0v) is 21.5. The van der Waals surface area contributed by atoms with Crippen LogP contribution in [0, 0.1) is 6.92 Å². The van der Waals surface area contributed by atoms with Gasteiger partial charge in [-0.3, -0.25) is 9.10 Å². The van der Waals surface area contributed by atoms with Crippen LogP contribution in [0.5, 0.6) is 11.5 Å². The summed E-state index contributed by atoms with van der Waals surface area (Å²) in [6, 6.07) is 18.9. The number of hydrogen-bond acceptors (Lipinski definition) is 6. The van der Waals surface area contributed by atoms with Crippen molar-refractivity contribution in [3.63, 3.8) is 0 Å². The third-order valence-electron chi connectivity index (χ3n) is 6.17. The summed E-state index contributed by atoms with van der Waals surface area (Å²) in [5.74, 6) is 0.350. The molecule has 0 atom stereocenters. The molecule has 0 radical (unpaired) electrons. The molecule has 0 aromatic heterocycles. The first-order valence-corrected chi connectivity index (χ1v) is 13.2. The smallest absolute Gasteiger partial charge is 0.264 e. The monoisotopic (exact) mass is 509 g/mol. The number of benzene rings is 3. The van der Waals surface area contributed by atoms with Crippen LogP contribution in [-0.2, 0) is 14.8 Å². The Bertz CT molecular complexity index is 1300. The number of amides is 1. The Balaban J connectivity index is 1.61. The number of anilines is 3. The third kappa shape index (κ3) is 5.57. The van der Waals surface area contributed by atoms with Crippen molar-refractivity contribution in [3.8, 4) is 11.5 Å². The van der Waals surface area contributed by atoms with Crippen LogP contribution in [0.4, 0.5) is 17.1 Å². The molecule has 9 heteroatoms. The molecule has 1 saturated heterocycles. The van der Waals surface area contributed by atoms with Crippen LogP contribution in [0.25, 0.3) is 0 Å². The van der Waals surface area contributed by atoms with Gasteiger partial charge in [-0.15, -0.1) is 0 Å². The molecule has 3 aromatic rings. The number of sulfonamides is 1. The molecule has 36 heavy (non-hydrogen) atoms.